The summed E-state index contributed by atoms with van der Waals surface area (Å²) in [5.74, 6) is -0.145. The number of aromatic hydroxyl groups is 1. The highest BCUT2D eigenvalue weighted by molar-refractivity contribution is 6.03. The quantitative estimate of drug-likeness (QED) is 0.225. The van der Waals surface area contributed by atoms with Crippen LogP contribution in [0.25, 0.3) is 32.9 Å². The van der Waals surface area contributed by atoms with E-state index in [0.717, 1.165) is 31.6 Å². The molecule has 0 radical (unpaired) electrons. The largest absolute Gasteiger partial charge is 0.508 e. The van der Waals surface area contributed by atoms with Gasteiger partial charge in [-0.25, -0.2) is 18.6 Å². The van der Waals surface area contributed by atoms with Gasteiger partial charge in [0.25, 0.3) is 0 Å². The summed E-state index contributed by atoms with van der Waals surface area (Å²) in [7, 11) is 1.50. The third kappa shape index (κ3) is 4.46. The Morgan fingerprint density at radius 3 is 2.40 bits per heavy atom. The van der Waals surface area contributed by atoms with E-state index in [2.05, 4.69) is 16.2 Å². The van der Waals surface area contributed by atoms with Crippen LogP contribution in [-0.4, -0.2) is 57.3 Å². The van der Waals surface area contributed by atoms with Gasteiger partial charge in [0.2, 0.25) is 5.88 Å². The van der Waals surface area contributed by atoms with Crippen molar-refractivity contribution in [3.63, 3.8) is 0 Å². The predicted octanol–water partition coefficient (Wildman–Crippen LogP) is 5.13. The summed E-state index contributed by atoms with van der Waals surface area (Å²) in [6.45, 7) is 1.86. The highest BCUT2D eigenvalue weighted by Gasteiger charge is 2.56. The molecule has 3 heterocycles. The zero-order valence-corrected chi connectivity index (χ0v) is 22.0. The number of rotatable bonds is 4. The summed E-state index contributed by atoms with van der Waals surface area (Å²) >= 11 is 0. The zero-order valence-electron chi connectivity index (χ0n) is 22.0. The number of methoxy groups -OCH3 is 1. The number of carboxylic acid groups (broad SMARTS) is 1. The molecule has 7 rings (SSSR count). The summed E-state index contributed by atoms with van der Waals surface area (Å²) in [5, 5.41) is 27.3. The second-order valence-corrected chi connectivity index (χ2v) is 10.5. The summed E-state index contributed by atoms with van der Waals surface area (Å²) in [6.07, 6.45) is 2.41. The van der Waals surface area contributed by atoms with E-state index in [9.17, 15) is 22.7 Å². The Bertz CT molecular complexity index is 1800. The average Bonchev–Trinajstić information content (AvgIpc) is 3.82. The van der Waals surface area contributed by atoms with Crippen molar-refractivity contribution in [2.75, 3.05) is 20.2 Å². The molecule has 1 saturated heterocycles. The zero-order chi connectivity index (χ0) is 30.1. The van der Waals surface area contributed by atoms with E-state index in [4.69, 9.17) is 26.2 Å². The number of phenols is 1. The van der Waals surface area contributed by atoms with Gasteiger partial charge in [0.1, 0.15) is 22.8 Å². The Labute approximate surface area is 235 Å². The minimum absolute atomic E-state index is 0.00698. The molecular weight excluding hydrogens is 563 g/mol. The molecule has 2 saturated carbocycles. The van der Waals surface area contributed by atoms with Gasteiger partial charge in [-0.05, 0) is 61.4 Å². The van der Waals surface area contributed by atoms with Crippen LogP contribution in [0, 0.1) is 35.8 Å². The van der Waals surface area contributed by atoms with E-state index in [1.165, 1.54) is 31.4 Å². The number of fused-ring (bicyclic) bond motifs is 3. The number of nitrogens with one attached hydrogen (secondary N) is 1. The summed E-state index contributed by atoms with van der Waals surface area (Å²) in [6, 6.07) is 5.71. The van der Waals surface area contributed by atoms with Gasteiger partial charge >= 0.3 is 12.1 Å². The standard InChI is InChI=1S/C27H22F2N4O2.C2HF3O2/c1-3-15-19(28)7-4-12-8-14(34)9-16(20(12)15)24-23(29)26-22(27(31-24)35-2)25(32-33(26)13-5-6-13)21-17-10-30-11-18(17)21;3-2(4,5)1(6)7/h1,4,7-9,13,17-18,21,30,34H,5-6,10-11H2,2H3;(H,6,7)/t17-,18+,21?;. The molecule has 3 N–H and O–H groups in total. The topological polar surface area (TPSA) is 110 Å². The summed E-state index contributed by atoms with van der Waals surface area (Å²) < 4.78 is 70.3. The van der Waals surface area contributed by atoms with E-state index in [-0.39, 0.29) is 40.4 Å². The maximum absolute atomic E-state index is 16.5. The third-order valence-electron chi connectivity index (χ3n) is 7.97. The Hall–Kier alpha value is -4.44. The first-order valence-electron chi connectivity index (χ1n) is 13.0. The number of carbonyl (C=O) groups is 1. The van der Waals surface area contributed by atoms with Gasteiger partial charge in [-0.1, -0.05) is 12.0 Å². The lowest BCUT2D eigenvalue weighted by atomic mass is 9.95. The third-order valence-corrected chi connectivity index (χ3v) is 7.97. The molecule has 4 aromatic rings. The van der Waals surface area contributed by atoms with Crippen molar-refractivity contribution in [2.45, 2.75) is 31.0 Å². The molecule has 0 spiro atoms. The minimum Gasteiger partial charge on any atom is -0.508 e. The number of piperidine rings is 1. The van der Waals surface area contributed by atoms with Crippen LogP contribution in [0.4, 0.5) is 22.0 Å². The van der Waals surface area contributed by atoms with Gasteiger partial charge < -0.3 is 20.3 Å². The van der Waals surface area contributed by atoms with Crippen molar-refractivity contribution < 1.29 is 41.7 Å². The lowest BCUT2D eigenvalue weighted by Gasteiger charge is -2.14. The van der Waals surface area contributed by atoms with Crippen LogP contribution >= 0.6 is 0 Å². The average molecular weight is 587 g/mol. The monoisotopic (exact) mass is 586 g/mol. The molecule has 1 unspecified atom stereocenters. The van der Waals surface area contributed by atoms with Crippen LogP contribution in [0.3, 0.4) is 0 Å². The van der Waals surface area contributed by atoms with E-state index in [1.807, 2.05) is 0 Å². The number of phenolic OH excluding ortho intramolecular Hbond substituents is 1. The van der Waals surface area contributed by atoms with Crippen molar-refractivity contribution in [3.8, 4) is 35.2 Å². The fourth-order valence-electron chi connectivity index (χ4n) is 5.91. The molecule has 13 heteroatoms. The number of nitrogens with zero attached hydrogens (tertiary/aromatic N) is 3. The second-order valence-electron chi connectivity index (χ2n) is 10.5. The van der Waals surface area contributed by atoms with Gasteiger partial charge in [-0.3, -0.25) is 4.68 Å². The highest BCUT2D eigenvalue weighted by atomic mass is 19.4. The number of alkyl halides is 3. The Kier molecular flexibility index (Phi) is 6.49. The summed E-state index contributed by atoms with van der Waals surface area (Å²) in [4.78, 5) is 13.5. The van der Waals surface area contributed by atoms with E-state index >= 15 is 4.39 Å². The molecule has 3 fully saturated rings. The fourth-order valence-corrected chi connectivity index (χ4v) is 5.91. The molecule has 42 heavy (non-hydrogen) atoms. The van der Waals surface area contributed by atoms with Crippen LogP contribution in [0.5, 0.6) is 11.6 Å². The number of hydrogen-bond acceptors (Lipinski definition) is 6. The molecule has 3 aliphatic rings. The van der Waals surface area contributed by atoms with Gasteiger partial charge in [-0.2, -0.15) is 18.3 Å². The molecule has 2 aromatic carbocycles. The lowest BCUT2D eigenvalue weighted by Crippen LogP contribution is -2.21. The number of halogens is 5. The number of pyridine rings is 1. The number of benzene rings is 2. The summed E-state index contributed by atoms with van der Waals surface area (Å²) in [5.41, 5.74) is 1.34. The molecule has 1 aliphatic heterocycles. The predicted molar refractivity (Wildman–Crippen MR) is 141 cm³/mol. The minimum atomic E-state index is -5.08. The highest BCUT2D eigenvalue weighted by Crippen LogP contribution is 2.58. The van der Waals surface area contributed by atoms with Gasteiger partial charge in [-0.15, -0.1) is 6.42 Å². The normalized spacial score (nSPS) is 21.0. The number of hydrogen-bond donors (Lipinski definition) is 3. The molecule has 0 amide bonds. The number of ether oxygens (including phenoxy) is 1. The number of aliphatic carboxylic acids is 1. The first-order valence-corrected chi connectivity index (χ1v) is 13.0. The molecule has 3 atom stereocenters. The van der Waals surface area contributed by atoms with Crippen molar-refractivity contribution in [2.24, 2.45) is 11.8 Å². The first-order chi connectivity index (χ1) is 20.0. The maximum Gasteiger partial charge on any atom is 0.490 e. The van der Waals surface area contributed by atoms with E-state index in [0.29, 0.717) is 33.5 Å². The van der Waals surface area contributed by atoms with Gasteiger partial charge in [0.15, 0.2) is 5.82 Å². The van der Waals surface area contributed by atoms with Crippen molar-refractivity contribution in [1.29, 1.82) is 0 Å². The molecule has 218 valence electrons. The molecule has 8 nitrogen and oxygen atoms in total. The molecule has 2 aromatic heterocycles. The van der Waals surface area contributed by atoms with Crippen LogP contribution in [-0.2, 0) is 4.79 Å². The maximum atomic E-state index is 16.5. The first kappa shape index (κ1) is 27.7. The van der Waals surface area contributed by atoms with Crippen molar-refractivity contribution in [3.05, 3.63) is 47.2 Å². The Morgan fingerprint density at radius 2 is 1.83 bits per heavy atom. The van der Waals surface area contributed by atoms with Crippen molar-refractivity contribution in [1.82, 2.24) is 20.1 Å². The van der Waals surface area contributed by atoms with E-state index in [1.54, 1.807) is 4.68 Å². The number of aromatic nitrogens is 3. The molecular formula is C29H23F5N4O4. The van der Waals surface area contributed by atoms with Crippen LogP contribution in [0.2, 0.25) is 0 Å². The number of carboxylic acids is 1. The second kappa shape index (κ2) is 9.84. The number of terminal acetylenes is 1. The van der Waals surface area contributed by atoms with Crippen LogP contribution in [0.15, 0.2) is 24.3 Å². The molecule has 0 bridgehead atoms. The fraction of sp³-hybridized carbons (Fsp3) is 0.345. The van der Waals surface area contributed by atoms with Crippen LogP contribution in [0.1, 0.15) is 36.1 Å². The van der Waals surface area contributed by atoms with Crippen molar-refractivity contribution >= 4 is 27.6 Å². The molecule has 2 aliphatic carbocycles. The lowest BCUT2D eigenvalue weighted by molar-refractivity contribution is -0.192. The van der Waals surface area contributed by atoms with Gasteiger partial charge in [0, 0.05) is 16.9 Å². The Morgan fingerprint density at radius 1 is 1.17 bits per heavy atom. The van der Waals surface area contributed by atoms with Crippen LogP contribution < -0.4 is 10.1 Å². The SMILES string of the molecule is C#Cc1c(F)ccc2cc(O)cc(-c3nc(OC)c4c(C5[C@H]6CNC[C@@H]56)nn(C5CC5)c4c3F)c12.O=C(O)C(F)(F)F. The van der Waals surface area contributed by atoms with E-state index < -0.39 is 23.8 Å². The van der Waals surface area contributed by atoms with Gasteiger partial charge in [0.05, 0.1) is 29.8 Å². The smallest absolute Gasteiger partial charge is 0.490 e. The Balaban J connectivity index is 0.000000405.